The highest BCUT2D eigenvalue weighted by molar-refractivity contribution is 14.1. The molecule has 164 valence electrons. The number of rotatable bonds is 5. The van der Waals surface area contributed by atoms with Crippen LogP contribution >= 0.6 is 69.2 Å². The summed E-state index contributed by atoms with van der Waals surface area (Å²) < 4.78 is 8.64. The molecule has 1 amide bonds. The van der Waals surface area contributed by atoms with Crippen LogP contribution in [0.3, 0.4) is 0 Å². The number of hydrogen-bond acceptors (Lipinski definition) is 5. The number of aryl methyl sites for hydroxylation is 1. The molecule has 4 nitrogen and oxygen atoms in total. The van der Waals surface area contributed by atoms with Gasteiger partial charge in [0, 0.05) is 14.7 Å². The number of thiocarbonyl (C=S) groups is 1. The Kier molecular flexibility index (Phi) is 7.73. The van der Waals surface area contributed by atoms with E-state index in [2.05, 4.69) is 51.3 Å². The number of anilines is 1. The van der Waals surface area contributed by atoms with Crippen LogP contribution in [0, 0.1) is 25.4 Å². The standard InChI is InChI=1S/C25H16I2N2O2S2/c1-15-6-2-5-9-21(15)29-24(30)22(33-25(29)32)11-18-10-19(26)12-20(27)23(18)31-14-17-8-4-3-7-16(17)13-28/h2-12H,14H2,1H3/b22-11+. The predicted molar refractivity (Wildman–Crippen MR) is 154 cm³/mol. The maximum Gasteiger partial charge on any atom is 0.270 e. The summed E-state index contributed by atoms with van der Waals surface area (Å²) in [6.45, 7) is 2.22. The van der Waals surface area contributed by atoms with Crippen molar-refractivity contribution in [3.63, 3.8) is 0 Å². The van der Waals surface area contributed by atoms with E-state index in [9.17, 15) is 10.1 Å². The molecular weight excluding hydrogens is 678 g/mol. The van der Waals surface area contributed by atoms with Crippen molar-refractivity contribution in [1.82, 2.24) is 0 Å². The second-order valence-electron chi connectivity index (χ2n) is 7.17. The number of benzene rings is 3. The molecule has 1 fully saturated rings. The van der Waals surface area contributed by atoms with Crippen LogP contribution in [0.4, 0.5) is 5.69 Å². The molecular formula is C25H16I2N2O2S2. The SMILES string of the molecule is Cc1ccccc1N1C(=O)/C(=C\c2cc(I)cc(I)c2OCc2ccccc2C#N)SC1=S. The lowest BCUT2D eigenvalue weighted by Crippen LogP contribution is -2.28. The molecule has 0 spiro atoms. The maximum absolute atomic E-state index is 13.3. The summed E-state index contributed by atoms with van der Waals surface area (Å²) in [5, 5.41) is 9.37. The zero-order chi connectivity index (χ0) is 23.5. The van der Waals surface area contributed by atoms with Gasteiger partial charge >= 0.3 is 0 Å². The van der Waals surface area contributed by atoms with Crippen molar-refractivity contribution in [2.75, 3.05) is 4.90 Å². The number of carbonyl (C=O) groups is 1. The quantitative estimate of drug-likeness (QED) is 0.163. The molecule has 0 bridgehead atoms. The van der Waals surface area contributed by atoms with Gasteiger partial charge in [-0.1, -0.05) is 60.4 Å². The first-order chi connectivity index (χ1) is 15.9. The Morgan fingerprint density at radius 3 is 2.64 bits per heavy atom. The summed E-state index contributed by atoms with van der Waals surface area (Å²) >= 11 is 11.3. The first-order valence-electron chi connectivity index (χ1n) is 9.82. The predicted octanol–water partition coefficient (Wildman–Crippen LogP) is 7.06. The molecule has 4 rings (SSSR count). The van der Waals surface area contributed by atoms with E-state index in [0.717, 1.165) is 29.5 Å². The van der Waals surface area contributed by atoms with Crippen LogP contribution in [-0.4, -0.2) is 10.2 Å². The van der Waals surface area contributed by atoms with Crippen LogP contribution < -0.4 is 9.64 Å². The van der Waals surface area contributed by atoms with E-state index in [1.807, 2.05) is 67.6 Å². The Morgan fingerprint density at radius 2 is 1.88 bits per heavy atom. The Morgan fingerprint density at radius 1 is 1.15 bits per heavy atom. The third-order valence-corrected chi connectivity index (χ3v) is 7.71. The highest BCUT2D eigenvalue weighted by atomic mass is 127. The molecule has 0 atom stereocenters. The normalized spacial score (nSPS) is 14.6. The Labute approximate surface area is 229 Å². The van der Waals surface area contributed by atoms with E-state index in [-0.39, 0.29) is 12.5 Å². The van der Waals surface area contributed by atoms with E-state index >= 15 is 0 Å². The zero-order valence-corrected chi connectivity index (χ0v) is 23.3. The number of halogens is 2. The molecule has 8 heteroatoms. The summed E-state index contributed by atoms with van der Waals surface area (Å²) in [4.78, 5) is 15.4. The number of hydrogen-bond donors (Lipinski definition) is 0. The van der Waals surface area contributed by atoms with Crippen LogP contribution in [0.5, 0.6) is 5.75 Å². The average Bonchev–Trinajstić information content (AvgIpc) is 3.06. The number of para-hydroxylation sites is 1. The van der Waals surface area contributed by atoms with E-state index in [0.29, 0.717) is 20.5 Å². The molecule has 3 aromatic carbocycles. The van der Waals surface area contributed by atoms with Crippen molar-refractivity contribution in [2.24, 2.45) is 0 Å². The highest BCUT2D eigenvalue weighted by Gasteiger charge is 2.34. The molecule has 0 saturated carbocycles. The minimum Gasteiger partial charge on any atom is -0.487 e. The number of thioether (sulfide) groups is 1. The topological polar surface area (TPSA) is 53.3 Å². The summed E-state index contributed by atoms with van der Waals surface area (Å²) in [6, 6.07) is 21.3. The van der Waals surface area contributed by atoms with Crippen molar-refractivity contribution in [3.05, 3.63) is 95.0 Å². The number of nitrogens with zero attached hydrogens (tertiary/aromatic N) is 2. The van der Waals surface area contributed by atoms with E-state index in [1.165, 1.54) is 11.8 Å². The fourth-order valence-electron chi connectivity index (χ4n) is 3.38. The molecule has 3 aromatic rings. The van der Waals surface area contributed by atoms with Crippen molar-refractivity contribution in [2.45, 2.75) is 13.5 Å². The fourth-order valence-corrected chi connectivity index (χ4v) is 6.70. The number of carbonyl (C=O) groups excluding carboxylic acids is 1. The second-order valence-corrected chi connectivity index (χ2v) is 11.3. The van der Waals surface area contributed by atoms with Gasteiger partial charge in [-0.3, -0.25) is 9.69 Å². The lowest BCUT2D eigenvalue weighted by molar-refractivity contribution is -0.113. The minimum atomic E-state index is -0.144. The second kappa shape index (κ2) is 10.5. The molecule has 1 saturated heterocycles. The van der Waals surface area contributed by atoms with Crippen LogP contribution in [0.25, 0.3) is 6.08 Å². The Hall–Kier alpha value is -1.94. The number of ether oxygens (including phenoxy) is 1. The lowest BCUT2D eigenvalue weighted by atomic mass is 10.1. The third-order valence-electron chi connectivity index (χ3n) is 4.98. The Balaban J connectivity index is 1.68. The van der Waals surface area contributed by atoms with Gasteiger partial charge < -0.3 is 4.74 Å². The van der Waals surface area contributed by atoms with Crippen LogP contribution in [0.1, 0.15) is 22.3 Å². The first-order valence-corrected chi connectivity index (χ1v) is 13.2. The van der Waals surface area contributed by atoms with E-state index in [1.54, 1.807) is 11.0 Å². The fraction of sp³-hybridized carbons (Fsp3) is 0.0800. The van der Waals surface area contributed by atoms with Crippen molar-refractivity contribution in [1.29, 1.82) is 5.26 Å². The lowest BCUT2D eigenvalue weighted by Gasteiger charge is -2.17. The molecule has 1 heterocycles. The van der Waals surface area contributed by atoms with Crippen molar-refractivity contribution >= 4 is 91.2 Å². The van der Waals surface area contributed by atoms with Gasteiger partial charge in [0.15, 0.2) is 4.32 Å². The molecule has 0 aromatic heterocycles. The number of amides is 1. The molecule has 33 heavy (non-hydrogen) atoms. The van der Waals surface area contributed by atoms with Crippen LogP contribution in [0.15, 0.2) is 65.6 Å². The van der Waals surface area contributed by atoms with Gasteiger partial charge in [0.1, 0.15) is 12.4 Å². The third kappa shape index (κ3) is 5.26. The molecule has 0 aliphatic carbocycles. The van der Waals surface area contributed by atoms with E-state index in [4.69, 9.17) is 17.0 Å². The van der Waals surface area contributed by atoms with Gasteiger partial charge in [-0.2, -0.15) is 5.26 Å². The van der Waals surface area contributed by atoms with Crippen LogP contribution in [-0.2, 0) is 11.4 Å². The van der Waals surface area contributed by atoms with Gasteiger partial charge in [0.25, 0.3) is 5.91 Å². The molecule has 0 N–H and O–H groups in total. The zero-order valence-electron chi connectivity index (χ0n) is 17.3. The van der Waals surface area contributed by atoms with Gasteiger partial charge in [0.2, 0.25) is 0 Å². The van der Waals surface area contributed by atoms with Gasteiger partial charge in [-0.25, -0.2) is 0 Å². The average molecular weight is 694 g/mol. The Bertz CT molecular complexity index is 1350. The molecule has 0 unspecified atom stereocenters. The van der Waals surface area contributed by atoms with E-state index < -0.39 is 0 Å². The van der Waals surface area contributed by atoms with Crippen molar-refractivity contribution < 1.29 is 9.53 Å². The largest absolute Gasteiger partial charge is 0.487 e. The smallest absolute Gasteiger partial charge is 0.270 e. The van der Waals surface area contributed by atoms with Gasteiger partial charge in [0.05, 0.1) is 25.8 Å². The minimum absolute atomic E-state index is 0.144. The summed E-state index contributed by atoms with van der Waals surface area (Å²) in [6.07, 6.45) is 1.84. The highest BCUT2D eigenvalue weighted by Crippen LogP contribution is 2.39. The van der Waals surface area contributed by atoms with Crippen molar-refractivity contribution in [3.8, 4) is 11.8 Å². The molecule has 0 radical (unpaired) electrons. The maximum atomic E-state index is 13.3. The molecule has 1 aliphatic rings. The number of nitriles is 1. The van der Waals surface area contributed by atoms with Crippen LogP contribution in [0.2, 0.25) is 0 Å². The monoisotopic (exact) mass is 694 g/mol. The van der Waals surface area contributed by atoms with Gasteiger partial charge in [-0.05, 0) is 88.0 Å². The summed E-state index contributed by atoms with van der Waals surface area (Å²) in [5.74, 6) is 0.527. The first kappa shape index (κ1) is 24.2. The molecule has 1 aliphatic heterocycles. The summed E-state index contributed by atoms with van der Waals surface area (Å²) in [5.41, 5.74) is 3.97. The van der Waals surface area contributed by atoms with Gasteiger partial charge in [-0.15, -0.1) is 0 Å². The summed E-state index contributed by atoms with van der Waals surface area (Å²) in [7, 11) is 0.